The zero-order valence-electron chi connectivity index (χ0n) is 10.8. The number of aromatic hydroxyl groups is 1. The van der Waals surface area contributed by atoms with Crippen LogP contribution in [-0.2, 0) is 0 Å². The molecule has 2 aromatic rings. The summed E-state index contributed by atoms with van der Waals surface area (Å²) in [7, 11) is 1.62. The lowest BCUT2D eigenvalue weighted by Gasteiger charge is -2.09. The molecule has 3 nitrogen and oxygen atoms in total. The van der Waals surface area contributed by atoms with E-state index in [1.54, 1.807) is 19.3 Å². The van der Waals surface area contributed by atoms with Gasteiger partial charge in [0.05, 0.1) is 7.11 Å². The minimum atomic E-state index is 0.187. The maximum absolute atomic E-state index is 10.0. The summed E-state index contributed by atoms with van der Waals surface area (Å²) in [5, 5.41) is 10.0. The molecule has 0 heterocycles. The van der Waals surface area contributed by atoms with E-state index in [9.17, 15) is 5.11 Å². The standard InChI is InChI=1S/C16H16O3/c1-3-10-19-14-8-9-15(16(17)11-14)12-4-6-13(18-2)7-5-12/h3-9,11,17H,1,10H2,2H3. The molecule has 0 bridgehead atoms. The van der Waals surface area contributed by atoms with Crippen LogP contribution in [0.4, 0.5) is 0 Å². The number of benzene rings is 2. The molecule has 0 aliphatic heterocycles. The van der Waals surface area contributed by atoms with Gasteiger partial charge in [0.1, 0.15) is 23.9 Å². The SMILES string of the molecule is C=CCOc1ccc(-c2ccc(OC)cc2)c(O)c1. The second-order valence-electron chi connectivity index (χ2n) is 4.01. The number of ether oxygens (including phenoxy) is 2. The lowest BCUT2D eigenvalue weighted by molar-refractivity contribution is 0.360. The molecule has 0 aliphatic rings. The minimum Gasteiger partial charge on any atom is -0.507 e. The van der Waals surface area contributed by atoms with Crippen LogP contribution in [-0.4, -0.2) is 18.8 Å². The number of phenolic OH excluding ortho intramolecular Hbond substituents is 1. The van der Waals surface area contributed by atoms with E-state index < -0.39 is 0 Å². The van der Waals surface area contributed by atoms with Crippen molar-refractivity contribution in [2.45, 2.75) is 0 Å². The highest BCUT2D eigenvalue weighted by Crippen LogP contribution is 2.33. The molecule has 1 N–H and O–H groups in total. The van der Waals surface area contributed by atoms with Gasteiger partial charge in [-0.1, -0.05) is 24.8 Å². The van der Waals surface area contributed by atoms with Crippen LogP contribution in [0.15, 0.2) is 55.1 Å². The number of hydrogen-bond donors (Lipinski definition) is 1. The van der Waals surface area contributed by atoms with E-state index in [2.05, 4.69) is 6.58 Å². The van der Waals surface area contributed by atoms with Crippen LogP contribution in [0.1, 0.15) is 0 Å². The average molecular weight is 256 g/mol. The van der Waals surface area contributed by atoms with Crippen LogP contribution in [0, 0.1) is 0 Å². The molecule has 0 amide bonds. The van der Waals surface area contributed by atoms with E-state index in [1.807, 2.05) is 36.4 Å². The highest BCUT2D eigenvalue weighted by molar-refractivity contribution is 5.71. The fourth-order valence-corrected chi connectivity index (χ4v) is 1.77. The summed E-state index contributed by atoms with van der Waals surface area (Å²) in [6.45, 7) is 4.00. The van der Waals surface area contributed by atoms with Crippen LogP contribution < -0.4 is 9.47 Å². The number of hydrogen-bond acceptors (Lipinski definition) is 3. The molecule has 0 saturated heterocycles. The molecule has 0 fully saturated rings. The second-order valence-corrected chi connectivity index (χ2v) is 4.01. The molecule has 0 aliphatic carbocycles. The van der Waals surface area contributed by atoms with Gasteiger partial charge >= 0.3 is 0 Å². The van der Waals surface area contributed by atoms with E-state index >= 15 is 0 Å². The monoisotopic (exact) mass is 256 g/mol. The molecule has 2 aromatic carbocycles. The highest BCUT2D eigenvalue weighted by Gasteiger charge is 2.06. The van der Waals surface area contributed by atoms with Gasteiger partial charge in [-0.15, -0.1) is 0 Å². The van der Waals surface area contributed by atoms with E-state index in [0.717, 1.165) is 16.9 Å². The third-order valence-corrected chi connectivity index (χ3v) is 2.74. The summed E-state index contributed by atoms with van der Waals surface area (Å²) in [4.78, 5) is 0. The Morgan fingerprint density at radius 1 is 1.11 bits per heavy atom. The van der Waals surface area contributed by atoms with E-state index in [-0.39, 0.29) is 5.75 Å². The Kier molecular flexibility index (Phi) is 4.08. The van der Waals surface area contributed by atoms with E-state index in [0.29, 0.717) is 12.4 Å². The quantitative estimate of drug-likeness (QED) is 0.830. The molecular weight excluding hydrogens is 240 g/mol. The first-order valence-corrected chi connectivity index (χ1v) is 5.95. The molecule has 2 rings (SSSR count). The lowest BCUT2D eigenvalue weighted by Crippen LogP contribution is -1.92. The van der Waals surface area contributed by atoms with Crippen LogP contribution >= 0.6 is 0 Å². The van der Waals surface area contributed by atoms with Crippen LogP contribution in [0.2, 0.25) is 0 Å². The maximum Gasteiger partial charge on any atom is 0.127 e. The first kappa shape index (κ1) is 13.0. The Morgan fingerprint density at radius 2 is 1.79 bits per heavy atom. The second kappa shape index (κ2) is 5.96. The Balaban J connectivity index is 2.26. The summed E-state index contributed by atoms with van der Waals surface area (Å²) in [5.74, 6) is 1.59. The molecular formula is C16H16O3. The van der Waals surface area contributed by atoms with Gasteiger partial charge in [-0.05, 0) is 29.8 Å². The van der Waals surface area contributed by atoms with Crippen molar-refractivity contribution in [2.24, 2.45) is 0 Å². The van der Waals surface area contributed by atoms with Crippen molar-refractivity contribution < 1.29 is 14.6 Å². The smallest absolute Gasteiger partial charge is 0.127 e. The zero-order valence-corrected chi connectivity index (χ0v) is 10.8. The molecule has 19 heavy (non-hydrogen) atoms. The third-order valence-electron chi connectivity index (χ3n) is 2.74. The van der Waals surface area contributed by atoms with Gasteiger partial charge in [0.25, 0.3) is 0 Å². The zero-order chi connectivity index (χ0) is 13.7. The van der Waals surface area contributed by atoms with Gasteiger partial charge in [0.15, 0.2) is 0 Å². The number of phenols is 1. The van der Waals surface area contributed by atoms with Crippen molar-refractivity contribution in [3.8, 4) is 28.4 Å². The van der Waals surface area contributed by atoms with E-state index in [1.165, 1.54) is 0 Å². The summed E-state index contributed by atoms with van der Waals surface area (Å²) < 4.78 is 10.5. The summed E-state index contributed by atoms with van der Waals surface area (Å²) in [6, 6.07) is 12.8. The van der Waals surface area contributed by atoms with Crippen molar-refractivity contribution in [3.05, 3.63) is 55.1 Å². The summed E-state index contributed by atoms with van der Waals surface area (Å²) in [5.41, 5.74) is 1.68. The van der Waals surface area contributed by atoms with Crippen molar-refractivity contribution in [3.63, 3.8) is 0 Å². The topological polar surface area (TPSA) is 38.7 Å². The third kappa shape index (κ3) is 3.07. The van der Waals surface area contributed by atoms with Gasteiger partial charge in [-0.25, -0.2) is 0 Å². The first-order chi connectivity index (χ1) is 9.24. The molecule has 0 saturated carbocycles. The number of methoxy groups -OCH3 is 1. The van der Waals surface area contributed by atoms with Crippen LogP contribution in [0.5, 0.6) is 17.2 Å². The van der Waals surface area contributed by atoms with Gasteiger partial charge in [0, 0.05) is 11.6 Å². The van der Waals surface area contributed by atoms with Crippen LogP contribution in [0.25, 0.3) is 11.1 Å². The predicted octanol–water partition coefficient (Wildman–Crippen LogP) is 3.63. The molecule has 98 valence electrons. The Labute approximate surface area is 112 Å². The largest absolute Gasteiger partial charge is 0.507 e. The van der Waals surface area contributed by atoms with Gasteiger partial charge in [-0.3, -0.25) is 0 Å². The van der Waals surface area contributed by atoms with Crippen molar-refractivity contribution >= 4 is 0 Å². The van der Waals surface area contributed by atoms with Gasteiger partial charge < -0.3 is 14.6 Å². The number of rotatable bonds is 5. The Morgan fingerprint density at radius 3 is 2.37 bits per heavy atom. The minimum absolute atomic E-state index is 0.187. The van der Waals surface area contributed by atoms with Crippen molar-refractivity contribution in [2.75, 3.05) is 13.7 Å². The van der Waals surface area contributed by atoms with Gasteiger partial charge in [0.2, 0.25) is 0 Å². The Bertz CT molecular complexity index is 559. The first-order valence-electron chi connectivity index (χ1n) is 5.95. The lowest BCUT2D eigenvalue weighted by atomic mass is 10.0. The Hall–Kier alpha value is -2.42. The van der Waals surface area contributed by atoms with Crippen molar-refractivity contribution in [1.82, 2.24) is 0 Å². The molecule has 0 aromatic heterocycles. The van der Waals surface area contributed by atoms with Gasteiger partial charge in [-0.2, -0.15) is 0 Å². The van der Waals surface area contributed by atoms with E-state index in [4.69, 9.17) is 9.47 Å². The normalized spacial score (nSPS) is 9.95. The maximum atomic E-state index is 10.0. The molecule has 0 radical (unpaired) electrons. The molecule has 3 heteroatoms. The average Bonchev–Trinajstić information content (AvgIpc) is 2.45. The summed E-state index contributed by atoms with van der Waals surface area (Å²) in [6.07, 6.45) is 1.66. The molecule has 0 atom stereocenters. The highest BCUT2D eigenvalue weighted by atomic mass is 16.5. The fraction of sp³-hybridized carbons (Fsp3) is 0.125. The molecule has 0 spiro atoms. The molecule has 0 unspecified atom stereocenters. The van der Waals surface area contributed by atoms with Crippen LogP contribution in [0.3, 0.4) is 0 Å². The van der Waals surface area contributed by atoms with Crippen molar-refractivity contribution in [1.29, 1.82) is 0 Å². The summed E-state index contributed by atoms with van der Waals surface area (Å²) >= 11 is 0. The fourth-order valence-electron chi connectivity index (χ4n) is 1.77. The predicted molar refractivity (Wildman–Crippen MR) is 75.8 cm³/mol.